The number of aliphatic hydroxyl groups is 2. The minimum absolute atomic E-state index is 0. The number of hydrogen-bond donors (Lipinski definition) is 2. The van der Waals surface area contributed by atoms with Gasteiger partial charge in [-0.3, -0.25) is 0 Å². The minimum atomic E-state index is 0. The van der Waals surface area contributed by atoms with Crippen LogP contribution in [0.5, 0.6) is 0 Å². The van der Waals surface area contributed by atoms with Crippen molar-refractivity contribution in [1.82, 2.24) is 0 Å². The Balaban J connectivity index is 0.00000256. The third kappa shape index (κ3) is 4.74. The molecule has 2 heterocycles. The second-order valence-electron chi connectivity index (χ2n) is 6.66. The average molecular weight is 507 g/mol. The van der Waals surface area contributed by atoms with Crippen molar-refractivity contribution in [3.63, 3.8) is 0 Å². The molecular weight excluding hydrogens is 484 g/mol. The quantitative estimate of drug-likeness (QED) is 0.471. The van der Waals surface area contributed by atoms with Gasteiger partial charge >= 0.3 is 0 Å². The van der Waals surface area contributed by atoms with E-state index >= 15 is 0 Å². The zero-order chi connectivity index (χ0) is 20.2. The summed E-state index contributed by atoms with van der Waals surface area (Å²) in [7, 11) is 0. The highest BCUT2D eigenvalue weighted by atomic mass is 79.9. The van der Waals surface area contributed by atoms with Gasteiger partial charge in [0.05, 0.1) is 22.7 Å². The van der Waals surface area contributed by atoms with Gasteiger partial charge in [0.2, 0.25) is 5.52 Å². The average Bonchev–Trinajstić information content (AvgIpc) is 3.07. The highest BCUT2D eigenvalue weighted by Crippen LogP contribution is 2.46. The van der Waals surface area contributed by atoms with E-state index in [1.165, 1.54) is 0 Å². The van der Waals surface area contributed by atoms with Gasteiger partial charge in [-0.2, -0.15) is 4.57 Å². The summed E-state index contributed by atoms with van der Waals surface area (Å²) in [4.78, 5) is 3.23. The number of benzene rings is 2. The lowest BCUT2D eigenvalue weighted by Crippen LogP contribution is -2.36. The van der Waals surface area contributed by atoms with Gasteiger partial charge in [0.15, 0.2) is 12.7 Å². The monoisotopic (exact) mass is 505 g/mol. The summed E-state index contributed by atoms with van der Waals surface area (Å²) >= 11 is 7.84. The van der Waals surface area contributed by atoms with E-state index < -0.39 is 0 Å². The Morgan fingerprint density at radius 3 is 2.70 bits per heavy atom. The van der Waals surface area contributed by atoms with Crippen molar-refractivity contribution in [3.8, 4) is 0 Å². The molecule has 0 unspecified atom stereocenters. The van der Waals surface area contributed by atoms with Crippen LogP contribution in [0.4, 0.5) is 5.69 Å². The van der Waals surface area contributed by atoms with Crippen LogP contribution in [0.1, 0.15) is 5.56 Å². The molecule has 0 saturated heterocycles. The first kappa shape index (κ1) is 22.8. The maximum atomic E-state index is 9.48. The van der Waals surface area contributed by atoms with Gasteiger partial charge < -0.3 is 15.1 Å². The second kappa shape index (κ2) is 10.5. The first-order valence-electron chi connectivity index (χ1n) is 9.47. The van der Waals surface area contributed by atoms with Gasteiger partial charge in [0.1, 0.15) is 6.61 Å². The van der Waals surface area contributed by atoms with Gasteiger partial charge in [-0.05, 0) is 35.9 Å². The first-order valence-corrected chi connectivity index (χ1v) is 10.7. The fraction of sp³-hybridized carbons (Fsp3) is 0.174. The highest BCUT2D eigenvalue weighted by Gasteiger charge is 2.24. The molecule has 0 aliphatic carbocycles. The van der Waals surface area contributed by atoms with E-state index in [-0.39, 0.29) is 30.2 Å². The molecule has 4 rings (SSSR count). The predicted molar refractivity (Wildman–Crippen MR) is 130 cm³/mol. The standard InChI is InChI=1S/C23H22ClN2O2S.BrH/c24-18-8-9-22-21(16-18)26(13-15-28)23(29-22)7-3-4-17-10-11-25(12-14-27)20-6-2-1-5-19(17)20;/h1-11,16,27-28H,12-15H2;1H/q+1;. The Morgan fingerprint density at radius 1 is 1.07 bits per heavy atom. The Hall–Kier alpha value is -1.83. The van der Waals surface area contributed by atoms with Gasteiger partial charge in [0, 0.05) is 28.6 Å². The summed E-state index contributed by atoms with van der Waals surface area (Å²) in [6.07, 6.45) is 8.20. The van der Waals surface area contributed by atoms with Crippen LogP contribution in [0.25, 0.3) is 17.0 Å². The molecule has 2 aromatic carbocycles. The van der Waals surface area contributed by atoms with E-state index in [0.717, 1.165) is 32.1 Å². The maximum absolute atomic E-state index is 9.48. The summed E-state index contributed by atoms with van der Waals surface area (Å²) in [6, 6.07) is 16.1. The highest BCUT2D eigenvalue weighted by molar-refractivity contribution is 8.93. The molecule has 0 bridgehead atoms. The van der Waals surface area contributed by atoms with Crippen molar-refractivity contribution in [2.24, 2.45) is 0 Å². The van der Waals surface area contributed by atoms with Gasteiger partial charge in [-0.1, -0.05) is 47.6 Å². The molecule has 0 saturated carbocycles. The number of anilines is 1. The number of allylic oxidation sites excluding steroid dienone is 2. The van der Waals surface area contributed by atoms with Crippen LogP contribution in [0.15, 0.2) is 76.8 Å². The van der Waals surface area contributed by atoms with E-state index in [9.17, 15) is 10.2 Å². The lowest BCUT2D eigenvalue weighted by Gasteiger charge is -2.18. The minimum Gasteiger partial charge on any atom is -0.395 e. The summed E-state index contributed by atoms with van der Waals surface area (Å²) < 4.78 is 2.06. The van der Waals surface area contributed by atoms with Crippen LogP contribution in [-0.2, 0) is 6.54 Å². The Morgan fingerprint density at radius 2 is 1.90 bits per heavy atom. The number of pyridine rings is 1. The third-order valence-electron chi connectivity index (χ3n) is 4.83. The lowest BCUT2D eigenvalue weighted by atomic mass is 10.1. The van der Waals surface area contributed by atoms with Crippen LogP contribution >= 0.6 is 40.3 Å². The van der Waals surface area contributed by atoms with Gasteiger partial charge in [-0.15, -0.1) is 17.0 Å². The molecule has 0 radical (unpaired) electrons. The van der Waals surface area contributed by atoms with Gasteiger partial charge in [0.25, 0.3) is 0 Å². The van der Waals surface area contributed by atoms with E-state index in [4.69, 9.17) is 11.6 Å². The maximum Gasteiger partial charge on any atom is 0.213 e. The molecule has 0 amide bonds. The van der Waals surface area contributed by atoms with E-state index in [0.29, 0.717) is 18.1 Å². The zero-order valence-electron chi connectivity index (χ0n) is 16.2. The molecule has 1 aliphatic heterocycles. The van der Waals surface area contributed by atoms with Crippen molar-refractivity contribution in [1.29, 1.82) is 0 Å². The zero-order valence-corrected chi connectivity index (χ0v) is 19.5. The molecule has 30 heavy (non-hydrogen) atoms. The van der Waals surface area contributed by atoms with Crippen molar-refractivity contribution in [3.05, 3.63) is 82.5 Å². The van der Waals surface area contributed by atoms with Crippen LogP contribution in [0.2, 0.25) is 5.02 Å². The number of β-amino-alcohol motifs (C(OH)–C–C–N with tert-alkyl or cyclic N) is 1. The Bertz CT molecular complexity index is 1100. The van der Waals surface area contributed by atoms with Crippen molar-refractivity contribution in [2.45, 2.75) is 11.4 Å². The molecule has 4 nitrogen and oxygen atoms in total. The number of halogens is 2. The molecule has 156 valence electrons. The molecule has 7 heteroatoms. The number of hydrogen-bond acceptors (Lipinski definition) is 4. The molecule has 1 aromatic heterocycles. The Kier molecular flexibility index (Phi) is 7.97. The van der Waals surface area contributed by atoms with E-state index in [1.54, 1.807) is 11.8 Å². The number of aromatic nitrogens is 1. The van der Waals surface area contributed by atoms with Crippen LogP contribution in [0.3, 0.4) is 0 Å². The summed E-state index contributed by atoms with van der Waals surface area (Å²) in [6.45, 7) is 1.28. The molecule has 0 spiro atoms. The summed E-state index contributed by atoms with van der Waals surface area (Å²) in [5.41, 5.74) is 3.24. The molecular formula is C23H23BrClN2O2S+. The second-order valence-corrected chi connectivity index (χ2v) is 8.16. The van der Waals surface area contributed by atoms with Gasteiger partial charge in [-0.25, -0.2) is 0 Å². The predicted octanol–water partition coefficient (Wildman–Crippen LogP) is 4.81. The largest absolute Gasteiger partial charge is 0.395 e. The molecule has 1 aliphatic rings. The first-order chi connectivity index (χ1) is 14.2. The van der Waals surface area contributed by atoms with Crippen molar-refractivity contribution >= 4 is 63.0 Å². The van der Waals surface area contributed by atoms with Crippen LogP contribution < -0.4 is 9.47 Å². The number of rotatable bonds is 6. The summed E-state index contributed by atoms with van der Waals surface area (Å²) in [5.74, 6) is 0. The smallest absolute Gasteiger partial charge is 0.213 e. The normalized spacial score (nSPS) is 14.5. The topological polar surface area (TPSA) is 47.6 Å². The number of thioether (sulfide) groups is 1. The number of para-hydroxylation sites is 1. The molecule has 2 N–H and O–H groups in total. The van der Waals surface area contributed by atoms with Crippen molar-refractivity contribution in [2.75, 3.05) is 24.7 Å². The third-order valence-corrected chi connectivity index (χ3v) is 6.20. The van der Waals surface area contributed by atoms with E-state index in [2.05, 4.69) is 39.8 Å². The fourth-order valence-electron chi connectivity index (χ4n) is 3.52. The lowest BCUT2D eigenvalue weighted by molar-refractivity contribution is -0.672. The van der Waals surface area contributed by atoms with Crippen LogP contribution in [-0.4, -0.2) is 30.0 Å². The SMILES string of the molecule is Br.OCCN1C(=CC=Cc2cc[n+](CCO)c3ccccc23)Sc2ccc(Cl)cc21. The summed E-state index contributed by atoms with van der Waals surface area (Å²) in [5, 5.41) is 21.7. The van der Waals surface area contributed by atoms with Crippen LogP contribution in [0, 0.1) is 0 Å². The molecule has 0 fully saturated rings. The number of aliphatic hydroxyl groups excluding tert-OH is 2. The van der Waals surface area contributed by atoms with E-state index in [1.807, 2.05) is 42.6 Å². The van der Waals surface area contributed by atoms with Crippen molar-refractivity contribution < 1.29 is 14.8 Å². The number of fused-ring (bicyclic) bond motifs is 2. The molecule has 3 aromatic rings. The molecule has 0 atom stereocenters. The Labute approximate surface area is 195 Å². The fourth-order valence-corrected chi connectivity index (χ4v) is 4.77. The number of nitrogens with zero attached hydrogens (tertiary/aromatic N) is 2.